The molecule has 1 aliphatic rings. The molecule has 0 bridgehead atoms. The molecule has 0 saturated carbocycles. The predicted molar refractivity (Wildman–Crippen MR) is 143 cm³/mol. The Hall–Kier alpha value is -3.62. The highest BCUT2D eigenvalue weighted by molar-refractivity contribution is 6.07. The Morgan fingerprint density at radius 3 is 2.51 bits per heavy atom. The molecule has 8 heteroatoms. The molecule has 4 aromatic heterocycles. The van der Waals surface area contributed by atoms with Crippen molar-refractivity contribution in [2.45, 2.75) is 45.3 Å². The molecule has 37 heavy (non-hydrogen) atoms. The second kappa shape index (κ2) is 9.04. The first-order valence-corrected chi connectivity index (χ1v) is 12.8. The van der Waals surface area contributed by atoms with Gasteiger partial charge < -0.3 is 14.4 Å². The molecule has 0 spiro atoms. The maximum absolute atomic E-state index is 11.3. The van der Waals surface area contributed by atoms with Gasteiger partial charge in [-0.25, -0.2) is 4.68 Å². The number of hydrogen-bond acceptors (Lipinski definition) is 6. The van der Waals surface area contributed by atoms with Gasteiger partial charge in [0.2, 0.25) is 0 Å². The van der Waals surface area contributed by atoms with E-state index in [2.05, 4.69) is 56.3 Å². The zero-order chi connectivity index (χ0) is 25.7. The van der Waals surface area contributed by atoms with Crippen molar-refractivity contribution in [3.8, 4) is 11.3 Å². The van der Waals surface area contributed by atoms with Crippen molar-refractivity contribution in [3.05, 3.63) is 71.8 Å². The number of fused-ring (bicyclic) bond motifs is 3. The normalized spacial score (nSPS) is 16.0. The van der Waals surface area contributed by atoms with Crippen LogP contribution in [0.25, 0.3) is 33.2 Å². The van der Waals surface area contributed by atoms with Crippen molar-refractivity contribution < 1.29 is 9.84 Å². The molecule has 5 heterocycles. The molecule has 190 valence electrons. The first-order valence-electron chi connectivity index (χ1n) is 12.8. The lowest BCUT2D eigenvalue weighted by Crippen LogP contribution is -2.28. The largest absolute Gasteiger partial charge is 0.386 e. The van der Waals surface area contributed by atoms with E-state index in [1.165, 1.54) is 5.56 Å². The van der Waals surface area contributed by atoms with E-state index in [-0.39, 0.29) is 6.04 Å². The van der Waals surface area contributed by atoms with Crippen LogP contribution < -0.4 is 0 Å². The fourth-order valence-corrected chi connectivity index (χ4v) is 5.89. The van der Waals surface area contributed by atoms with Crippen molar-refractivity contribution >= 4 is 21.9 Å². The molecule has 6 rings (SSSR count). The van der Waals surface area contributed by atoms with Crippen molar-refractivity contribution in [3.63, 3.8) is 0 Å². The maximum atomic E-state index is 11.3. The summed E-state index contributed by atoms with van der Waals surface area (Å²) in [4.78, 5) is 9.51. The molecule has 1 fully saturated rings. The summed E-state index contributed by atoms with van der Waals surface area (Å²) >= 11 is 0. The number of aliphatic hydroxyl groups is 1. The molecule has 0 unspecified atom stereocenters. The minimum atomic E-state index is -1.08. The summed E-state index contributed by atoms with van der Waals surface area (Å²) in [7, 11) is 1.90. The van der Waals surface area contributed by atoms with E-state index in [4.69, 9.17) is 9.72 Å². The van der Waals surface area contributed by atoms with Crippen LogP contribution in [-0.2, 0) is 17.4 Å². The third-order valence-electron chi connectivity index (χ3n) is 7.60. The number of nitrogens with zero attached hydrogens (tertiary/aromatic N) is 6. The number of pyridine rings is 2. The minimum absolute atomic E-state index is 0.0383. The molecular formula is C29H32N6O2. The van der Waals surface area contributed by atoms with Gasteiger partial charge in [-0.1, -0.05) is 35.5 Å². The zero-order valence-electron chi connectivity index (χ0n) is 21.7. The van der Waals surface area contributed by atoms with E-state index in [1.54, 1.807) is 10.9 Å². The van der Waals surface area contributed by atoms with Gasteiger partial charge in [-0.2, -0.15) is 0 Å². The van der Waals surface area contributed by atoms with Gasteiger partial charge in [0.05, 0.1) is 39.6 Å². The molecule has 1 N–H and O–H groups in total. The number of benzene rings is 1. The molecule has 1 atom stereocenters. The van der Waals surface area contributed by atoms with Crippen LogP contribution in [-0.4, -0.2) is 47.8 Å². The average Bonchev–Trinajstić information content (AvgIpc) is 3.41. The Morgan fingerprint density at radius 2 is 1.84 bits per heavy atom. The monoisotopic (exact) mass is 496 g/mol. The van der Waals surface area contributed by atoms with Gasteiger partial charge in [-0.3, -0.25) is 9.97 Å². The fraction of sp³-hybridized carbons (Fsp3) is 0.379. The summed E-state index contributed by atoms with van der Waals surface area (Å²) in [6.07, 6.45) is 7.47. The Labute approximate surface area is 215 Å². The van der Waals surface area contributed by atoms with E-state index >= 15 is 0 Å². The maximum Gasteiger partial charge on any atom is 0.0976 e. The van der Waals surface area contributed by atoms with Crippen LogP contribution in [0.4, 0.5) is 0 Å². The van der Waals surface area contributed by atoms with Crippen molar-refractivity contribution in [1.82, 2.24) is 29.5 Å². The van der Waals surface area contributed by atoms with Crippen molar-refractivity contribution in [2.24, 2.45) is 13.0 Å². The molecular weight excluding hydrogens is 464 g/mol. The number of ether oxygens (including phenoxy) is 1. The fourth-order valence-electron chi connectivity index (χ4n) is 5.89. The Balaban J connectivity index is 1.73. The van der Waals surface area contributed by atoms with Crippen LogP contribution in [0.15, 0.2) is 55.0 Å². The molecule has 0 aliphatic carbocycles. The SMILES string of the molecule is Cc1nnn(C)c1-c1cnc2c3cncc(C(C)(C)O)c3n([C@H](c3ccccc3)C3CCOCC3)c2c1. The van der Waals surface area contributed by atoms with E-state index in [9.17, 15) is 5.11 Å². The van der Waals surface area contributed by atoms with Gasteiger partial charge in [0, 0.05) is 55.4 Å². The highest BCUT2D eigenvalue weighted by atomic mass is 16.5. The Kier molecular flexibility index (Phi) is 5.81. The summed E-state index contributed by atoms with van der Waals surface area (Å²) in [6.45, 7) is 7.10. The lowest BCUT2D eigenvalue weighted by molar-refractivity contribution is 0.0548. The van der Waals surface area contributed by atoms with E-state index < -0.39 is 5.60 Å². The van der Waals surface area contributed by atoms with Gasteiger partial charge in [0.1, 0.15) is 0 Å². The highest BCUT2D eigenvalue weighted by Gasteiger charge is 2.33. The molecule has 1 saturated heterocycles. The molecule has 8 nitrogen and oxygen atoms in total. The molecule has 1 aromatic carbocycles. The van der Waals surface area contributed by atoms with Gasteiger partial charge >= 0.3 is 0 Å². The minimum Gasteiger partial charge on any atom is -0.386 e. The van der Waals surface area contributed by atoms with E-state index in [0.29, 0.717) is 5.92 Å². The second-order valence-corrected chi connectivity index (χ2v) is 10.6. The van der Waals surface area contributed by atoms with Crippen molar-refractivity contribution in [2.75, 3.05) is 13.2 Å². The number of rotatable bonds is 5. The highest BCUT2D eigenvalue weighted by Crippen LogP contribution is 2.43. The van der Waals surface area contributed by atoms with Gasteiger partial charge in [-0.05, 0) is 51.2 Å². The standard InChI is InChI=1S/C29H32N6O2/c1-18-26(34(4)33-32-18)21-14-24-25(31-15-21)22-16-30-17-23(29(2,3)36)28(22)35(24)27(19-8-6-5-7-9-19)20-10-12-37-13-11-20/h5-9,14-17,20,27,36H,10-13H2,1-4H3/t27-/m1/s1. The summed E-state index contributed by atoms with van der Waals surface area (Å²) in [5.41, 5.74) is 6.54. The number of hydrogen-bond donors (Lipinski definition) is 1. The first-order chi connectivity index (χ1) is 17.8. The third-order valence-corrected chi connectivity index (χ3v) is 7.60. The average molecular weight is 497 g/mol. The lowest BCUT2D eigenvalue weighted by Gasteiger charge is -2.34. The zero-order valence-corrected chi connectivity index (χ0v) is 21.7. The van der Waals surface area contributed by atoms with Gasteiger partial charge in [0.15, 0.2) is 0 Å². The summed E-state index contributed by atoms with van der Waals surface area (Å²) in [5.74, 6) is 0.363. The van der Waals surface area contributed by atoms with Crippen LogP contribution in [0.5, 0.6) is 0 Å². The third kappa shape index (κ3) is 4.01. The van der Waals surface area contributed by atoms with Crippen LogP contribution in [0, 0.1) is 12.8 Å². The molecule has 1 aliphatic heterocycles. The molecule has 5 aromatic rings. The lowest BCUT2D eigenvalue weighted by atomic mass is 9.86. The van der Waals surface area contributed by atoms with Crippen molar-refractivity contribution in [1.29, 1.82) is 0 Å². The summed E-state index contributed by atoms with van der Waals surface area (Å²) in [6, 6.07) is 12.9. The van der Waals surface area contributed by atoms with E-state index in [1.807, 2.05) is 40.2 Å². The van der Waals surface area contributed by atoms with Gasteiger partial charge in [-0.15, -0.1) is 5.10 Å². The first kappa shape index (κ1) is 23.8. The second-order valence-electron chi connectivity index (χ2n) is 10.6. The summed E-state index contributed by atoms with van der Waals surface area (Å²) in [5, 5.41) is 20.7. The predicted octanol–water partition coefficient (Wildman–Crippen LogP) is 4.93. The molecule has 0 amide bonds. The number of aryl methyl sites for hydroxylation is 2. The Bertz CT molecular complexity index is 1560. The van der Waals surface area contributed by atoms with Crippen LogP contribution in [0.1, 0.15) is 49.6 Å². The molecule has 0 radical (unpaired) electrons. The van der Waals surface area contributed by atoms with Crippen LogP contribution in [0.2, 0.25) is 0 Å². The van der Waals surface area contributed by atoms with Crippen LogP contribution >= 0.6 is 0 Å². The Morgan fingerprint density at radius 1 is 1.08 bits per heavy atom. The number of aromatic nitrogens is 6. The van der Waals surface area contributed by atoms with Gasteiger partial charge in [0.25, 0.3) is 0 Å². The van der Waals surface area contributed by atoms with E-state index in [0.717, 1.165) is 70.5 Å². The van der Waals surface area contributed by atoms with Crippen LogP contribution in [0.3, 0.4) is 0 Å². The smallest absolute Gasteiger partial charge is 0.0976 e. The topological polar surface area (TPSA) is 90.9 Å². The summed E-state index contributed by atoms with van der Waals surface area (Å²) < 4.78 is 9.96. The quantitative estimate of drug-likeness (QED) is 0.371.